The van der Waals surface area contributed by atoms with Crippen LogP contribution in [-0.4, -0.2) is 43.3 Å². The van der Waals surface area contributed by atoms with Crippen LogP contribution in [0, 0.1) is 5.92 Å². The maximum atomic E-state index is 10.3. The molecule has 21 heavy (non-hydrogen) atoms. The number of benzene rings is 1. The maximum absolute atomic E-state index is 10.3. The second kappa shape index (κ2) is 7.66. The Balaban J connectivity index is 2.24. The number of nitrogens with one attached hydrogen (secondary N) is 1. The average molecular weight is 292 g/mol. The van der Waals surface area contributed by atoms with Gasteiger partial charge in [0.1, 0.15) is 11.5 Å². The van der Waals surface area contributed by atoms with Gasteiger partial charge in [0.25, 0.3) is 0 Å². The number of aromatic hydroxyl groups is 1. The first-order valence-corrected chi connectivity index (χ1v) is 7.93. The molecule has 0 unspecified atom stereocenters. The van der Waals surface area contributed by atoms with Crippen molar-refractivity contribution in [3.63, 3.8) is 0 Å². The Morgan fingerprint density at radius 2 is 1.95 bits per heavy atom. The first kappa shape index (κ1) is 16.1. The van der Waals surface area contributed by atoms with Crippen LogP contribution < -0.4 is 10.1 Å². The number of nitrogens with zero attached hydrogens (tertiary/aromatic N) is 1. The fourth-order valence-electron chi connectivity index (χ4n) is 2.95. The molecule has 1 aromatic carbocycles. The summed E-state index contributed by atoms with van der Waals surface area (Å²) in [5.74, 6) is 1.86. The molecule has 2 N–H and O–H groups in total. The van der Waals surface area contributed by atoms with Crippen molar-refractivity contribution in [3.8, 4) is 11.5 Å². The Kier molecular flexibility index (Phi) is 5.88. The van der Waals surface area contributed by atoms with Crippen LogP contribution in [0.1, 0.15) is 38.3 Å². The molecule has 1 aliphatic heterocycles. The first-order chi connectivity index (χ1) is 10.1. The molecule has 1 aliphatic rings. The van der Waals surface area contributed by atoms with E-state index in [0.29, 0.717) is 11.7 Å². The molecule has 0 amide bonds. The van der Waals surface area contributed by atoms with E-state index in [-0.39, 0.29) is 6.04 Å². The zero-order valence-corrected chi connectivity index (χ0v) is 13.4. The predicted molar refractivity (Wildman–Crippen MR) is 85.9 cm³/mol. The molecule has 1 aromatic rings. The summed E-state index contributed by atoms with van der Waals surface area (Å²) in [5.41, 5.74) is 0.997. The first-order valence-electron chi connectivity index (χ1n) is 7.93. The number of hydrogen-bond acceptors (Lipinski definition) is 4. The Labute approximate surface area is 128 Å². The molecule has 0 radical (unpaired) electrons. The topological polar surface area (TPSA) is 44.7 Å². The van der Waals surface area contributed by atoms with E-state index < -0.39 is 0 Å². The standard InChI is InChI=1S/C17H28N2O2/c1-13(2)4-6-16(19-10-8-18-9-11-19)15-12-14(21-3)5-7-17(15)20/h5,7,12-13,16,18,20H,4,6,8-11H2,1-3H3/t16-/m1/s1. The Hall–Kier alpha value is -1.26. The van der Waals surface area contributed by atoms with Crippen LogP contribution in [0.5, 0.6) is 11.5 Å². The highest BCUT2D eigenvalue weighted by atomic mass is 16.5. The third-order valence-corrected chi connectivity index (χ3v) is 4.20. The summed E-state index contributed by atoms with van der Waals surface area (Å²) in [6.07, 6.45) is 2.23. The van der Waals surface area contributed by atoms with Gasteiger partial charge in [-0.15, -0.1) is 0 Å². The fourth-order valence-corrected chi connectivity index (χ4v) is 2.95. The summed E-state index contributed by atoms with van der Waals surface area (Å²) in [7, 11) is 1.67. The predicted octanol–water partition coefficient (Wildman–Crippen LogP) is 2.78. The summed E-state index contributed by atoms with van der Waals surface area (Å²) in [4.78, 5) is 2.48. The zero-order valence-electron chi connectivity index (χ0n) is 13.4. The molecule has 2 rings (SSSR count). The van der Waals surface area contributed by atoms with Crippen LogP contribution in [0.4, 0.5) is 0 Å². The lowest BCUT2D eigenvalue weighted by molar-refractivity contribution is 0.157. The molecule has 1 saturated heterocycles. The molecular weight excluding hydrogens is 264 g/mol. The van der Waals surface area contributed by atoms with Gasteiger partial charge in [0, 0.05) is 37.8 Å². The van der Waals surface area contributed by atoms with Crippen molar-refractivity contribution < 1.29 is 9.84 Å². The molecule has 4 nitrogen and oxygen atoms in total. The van der Waals surface area contributed by atoms with E-state index in [1.54, 1.807) is 13.2 Å². The van der Waals surface area contributed by atoms with Gasteiger partial charge in [-0.05, 0) is 37.0 Å². The Morgan fingerprint density at radius 3 is 2.57 bits per heavy atom. The van der Waals surface area contributed by atoms with Crippen LogP contribution in [0.3, 0.4) is 0 Å². The number of piperazine rings is 1. The Bertz CT molecular complexity index is 442. The minimum Gasteiger partial charge on any atom is -0.508 e. The van der Waals surface area contributed by atoms with Crippen molar-refractivity contribution in [1.82, 2.24) is 10.2 Å². The maximum Gasteiger partial charge on any atom is 0.120 e. The molecule has 1 heterocycles. The number of methoxy groups -OCH3 is 1. The van der Waals surface area contributed by atoms with Crippen molar-refractivity contribution in [2.24, 2.45) is 5.92 Å². The third kappa shape index (κ3) is 4.35. The van der Waals surface area contributed by atoms with Crippen molar-refractivity contribution in [3.05, 3.63) is 23.8 Å². The minimum absolute atomic E-state index is 0.268. The van der Waals surface area contributed by atoms with E-state index in [0.717, 1.165) is 50.3 Å². The minimum atomic E-state index is 0.268. The molecule has 0 saturated carbocycles. The van der Waals surface area contributed by atoms with E-state index in [2.05, 4.69) is 24.1 Å². The smallest absolute Gasteiger partial charge is 0.120 e. The average Bonchev–Trinajstić information content (AvgIpc) is 2.50. The van der Waals surface area contributed by atoms with Gasteiger partial charge in [0.15, 0.2) is 0 Å². The third-order valence-electron chi connectivity index (χ3n) is 4.20. The number of phenols is 1. The van der Waals surface area contributed by atoms with Gasteiger partial charge in [0.2, 0.25) is 0 Å². The second-order valence-corrected chi connectivity index (χ2v) is 6.20. The number of rotatable bonds is 6. The highest BCUT2D eigenvalue weighted by molar-refractivity contribution is 5.41. The van der Waals surface area contributed by atoms with E-state index in [1.807, 2.05) is 12.1 Å². The van der Waals surface area contributed by atoms with Gasteiger partial charge in [-0.1, -0.05) is 13.8 Å². The number of hydrogen-bond donors (Lipinski definition) is 2. The molecule has 0 aromatic heterocycles. The fraction of sp³-hybridized carbons (Fsp3) is 0.647. The molecule has 0 spiro atoms. The summed E-state index contributed by atoms with van der Waals surface area (Å²) < 4.78 is 5.33. The SMILES string of the molecule is COc1ccc(O)c([C@@H](CCC(C)C)N2CCNCC2)c1. The van der Waals surface area contributed by atoms with Gasteiger partial charge in [0.05, 0.1) is 7.11 Å². The quantitative estimate of drug-likeness (QED) is 0.846. The molecule has 118 valence electrons. The van der Waals surface area contributed by atoms with Crippen LogP contribution >= 0.6 is 0 Å². The lowest BCUT2D eigenvalue weighted by Crippen LogP contribution is -2.45. The normalized spacial score (nSPS) is 17.9. The van der Waals surface area contributed by atoms with Gasteiger partial charge >= 0.3 is 0 Å². The van der Waals surface area contributed by atoms with Crippen molar-refractivity contribution in [2.75, 3.05) is 33.3 Å². The number of ether oxygens (including phenoxy) is 1. The van der Waals surface area contributed by atoms with Crippen molar-refractivity contribution >= 4 is 0 Å². The lowest BCUT2D eigenvalue weighted by Gasteiger charge is -2.36. The van der Waals surface area contributed by atoms with Gasteiger partial charge in [-0.2, -0.15) is 0 Å². The van der Waals surface area contributed by atoms with Crippen molar-refractivity contribution in [1.29, 1.82) is 0 Å². The molecule has 0 aliphatic carbocycles. The highest BCUT2D eigenvalue weighted by Crippen LogP contribution is 2.35. The van der Waals surface area contributed by atoms with Gasteiger partial charge in [-0.25, -0.2) is 0 Å². The second-order valence-electron chi connectivity index (χ2n) is 6.20. The van der Waals surface area contributed by atoms with Crippen LogP contribution in [-0.2, 0) is 0 Å². The van der Waals surface area contributed by atoms with Crippen LogP contribution in [0.2, 0.25) is 0 Å². The van der Waals surface area contributed by atoms with E-state index >= 15 is 0 Å². The molecule has 4 heteroatoms. The van der Waals surface area contributed by atoms with Crippen molar-refractivity contribution in [2.45, 2.75) is 32.7 Å². The van der Waals surface area contributed by atoms with Gasteiger partial charge in [-0.3, -0.25) is 4.90 Å². The monoisotopic (exact) mass is 292 g/mol. The van der Waals surface area contributed by atoms with Gasteiger partial charge < -0.3 is 15.2 Å². The molecule has 1 fully saturated rings. The Morgan fingerprint density at radius 1 is 1.24 bits per heavy atom. The lowest BCUT2D eigenvalue weighted by atomic mass is 9.95. The highest BCUT2D eigenvalue weighted by Gasteiger charge is 2.25. The summed E-state index contributed by atoms with van der Waals surface area (Å²) in [6, 6.07) is 5.82. The van der Waals surface area contributed by atoms with E-state index in [4.69, 9.17) is 4.74 Å². The molecule has 0 bridgehead atoms. The zero-order chi connectivity index (χ0) is 15.2. The summed E-state index contributed by atoms with van der Waals surface area (Å²) in [5, 5.41) is 13.7. The molecule has 1 atom stereocenters. The van der Waals surface area contributed by atoms with E-state index in [1.165, 1.54) is 0 Å². The van der Waals surface area contributed by atoms with Crippen LogP contribution in [0.15, 0.2) is 18.2 Å². The summed E-state index contributed by atoms with van der Waals surface area (Å²) in [6.45, 7) is 8.59. The van der Waals surface area contributed by atoms with E-state index in [9.17, 15) is 5.11 Å². The largest absolute Gasteiger partial charge is 0.508 e. The number of phenolic OH excluding ortho intramolecular Hbond substituents is 1. The molecular formula is C17H28N2O2. The van der Waals surface area contributed by atoms with Crippen LogP contribution in [0.25, 0.3) is 0 Å². The summed E-state index contributed by atoms with van der Waals surface area (Å²) >= 11 is 0.